The summed E-state index contributed by atoms with van der Waals surface area (Å²) in [5, 5.41) is 9.18. The third-order valence-electron chi connectivity index (χ3n) is 3.42. The van der Waals surface area contributed by atoms with E-state index in [9.17, 15) is 5.11 Å². The van der Waals surface area contributed by atoms with Crippen molar-refractivity contribution in [3.05, 3.63) is 0 Å². The lowest BCUT2D eigenvalue weighted by Gasteiger charge is -2.19. The summed E-state index contributed by atoms with van der Waals surface area (Å²) in [4.78, 5) is 11.5. The molecule has 0 aromatic carbocycles. The first kappa shape index (κ1) is 21.3. The smallest absolute Gasteiger partial charge is 0.0558 e. The van der Waals surface area contributed by atoms with Crippen LogP contribution in [0, 0.1) is 11.8 Å². The summed E-state index contributed by atoms with van der Waals surface area (Å²) >= 11 is 0. The van der Waals surface area contributed by atoms with Gasteiger partial charge in [0.1, 0.15) is 0 Å². The van der Waals surface area contributed by atoms with Crippen molar-refractivity contribution < 1.29 is 5.11 Å². The van der Waals surface area contributed by atoms with Crippen molar-refractivity contribution >= 4 is 11.4 Å². The molecule has 0 fully saturated rings. The maximum atomic E-state index is 9.18. The number of aliphatic imine (C=N–C) groups is 2. The van der Waals surface area contributed by atoms with Gasteiger partial charge in [-0.05, 0) is 38.5 Å². The van der Waals surface area contributed by atoms with Gasteiger partial charge in [-0.25, -0.2) is 0 Å². The van der Waals surface area contributed by atoms with Crippen LogP contribution < -0.4 is 0 Å². The summed E-state index contributed by atoms with van der Waals surface area (Å²) in [5.41, 5.74) is 2.45. The highest BCUT2D eigenvalue weighted by molar-refractivity contribution is 5.82. The van der Waals surface area contributed by atoms with Gasteiger partial charge in [0.2, 0.25) is 0 Å². The molecule has 0 rings (SSSR count). The molecule has 0 unspecified atom stereocenters. The third kappa shape index (κ3) is 13.0. The zero-order valence-electron chi connectivity index (χ0n) is 15.6. The Bertz CT molecular complexity index is 305. The second kappa shape index (κ2) is 12.8. The number of nitrogens with zero attached hydrogens (tertiary/aromatic N) is 3. The van der Waals surface area contributed by atoms with E-state index < -0.39 is 0 Å². The van der Waals surface area contributed by atoms with Gasteiger partial charge in [-0.2, -0.15) is 0 Å². The fourth-order valence-corrected chi connectivity index (χ4v) is 2.55. The molecule has 22 heavy (non-hydrogen) atoms. The van der Waals surface area contributed by atoms with Crippen LogP contribution in [0.4, 0.5) is 0 Å². The monoisotopic (exact) mass is 311 g/mol. The van der Waals surface area contributed by atoms with Gasteiger partial charge in [-0.15, -0.1) is 0 Å². The average molecular weight is 312 g/mol. The van der Waals surface area contributed by atoms with E-state index in [4.69, 9.17) is 0 Å². The van der Waals surface area contributed by atoms with Crippen LogP contribution in [0.15, 0.2) is 9.98 Å². The normalized spacial score (nSPS) is 13.7. The fourth-order valence-electron chi connectivity index (χ4n) is 2.55. The first-order valence-electron chi connectivity index (χ1n) is 8.68. The van der Waals surface area contributed by atoms with E-state index in [0.717, 1.165) is 39.0 Å². The summed E-state index contributed by atoms with van der Waals surface area (Å²) < 4.78 is 0. The van der Waals surface area contributed by atoms with Gasteiger partial charge in [0.25, 0.3) is 0 Å². The second-order valence-electron chi connectivity index (χ2n) is 7.00. The Balaban J connectivity index is 4.15. The topological polar surface area (TPSA) is 48.2 Å². The molecule has 0 spiro atoms. The van der Waals surface area contributed by atoms with Gasteiger partial charge in [-0.1, -0.05) is 27.7 Å². The van der Waals surface area contributed by atoms with E-state index in [1.165, 1.54) is 11.4 Å². The molecule has 0 saturated carbocycles. The first-order chi connectivity index (χ1) is 10.3. The van der Waals surface area contributed by atoms with E-state index >= 15 is 0 Å². The second-order valence-corrected chi connectivity index (χ2v) is 7.00. The minimum atomic E-state index is 0.198. The molecule has 0 saturated heterocycles. The van der Waals surface area contributed by atoms with Gasteiger partial charge in [0.15, 0.2) is 0 Å². The van der Waals surface area contributed by atoms with E-state index in [2.05, 4.69) is 56.4 Å². The van der Waals surface area contributed by atoms with Crippen molar-refractivity contribution in [2.75, 3.05) is 39.3 Å². The molecule has 0 heterocycles. The van der Waals surface area contributed by atoms with Crippen LogP contribution in [0.2, 0.25) is 0 Å². The van der Waals surface area contributed by atoms with Crippen molar-refractivity contribution in [2.45, 2.75) is 54.4 Å². The van der Waals surface area contributed by atoms with Gasteiger partial charge < -0.3 is 5.11 Å². The Hall–Kier alpha value is -0.740. The number of aliphatic hydroxyl groups excluding tert-OH is 1. The predicted molar refractivity (Wildman–Crippen MR) is 98.4 cm³/mol. The van der Waals surface area contributed by atoms with Crippen molar-refractivity contribution in [3.63, 3.8) is 0 Å². The largest absolute Gasteiger partial charge is 0.395 e. The Morgan fingerprint density at radius 1 is 0.818 bits per heavy atom. The summed E-state index contributed by atoms with van der Waals surface area (Å²) in [6.07, 6.45) is 2.14. The first-order valence-corrected chi connectivity index (χ1v) is 8.68. The molecule has 0 bridgehead atoms. The molecular formula is C18H37N3O. The van der Waals surface area contributed by atoms with Crippen molar-refractivity contribution in [1.29, 1.82) is 0 Å². The van der Waals surface area contributed by atoms with Gasteiger partial charge in [-0.3, -0.25) is 14.9 Å². The van der Waals surface area contributed by atoms with E-state index in [1.54, 1.807) is 0 Å². The Morgan fingerprint density at radius 2 is 1.23 bits per heavy atom. The summed E-state index contributed by atoms with van der Waals surface area (Å²) in [6, 6.07) is 0. The van der Waals surface area contributed by atoms with Gasteiger partial charge in [0.05, 0.1) is 19.7 Å². The number of hydrogen-bond donors (Lipinski definition) is 1. The number of hydrogen-bond acceptors (Lipinski definition) is 4. The zero-order valence-corrected chi connectivity index (χ0v) is 15.6. The molecule has 130 valence electrons. The molecule has 4 nitrogen and oxygen atoms in total. The van der Waals surface area contributed by atoms with Crippen LogP contribution in [0.3, 0.4) is 0 Å². The van der Waals surface area contributed by atoms with E-state index in [1.807, 2.05) is 0 Å². The van der Waals surface area contributed by atoms with Gasteiger partial charge in [0, 0.05) is 31.1 Å². The van der Waals surface area contributed by atoms with Crippen LogP contribution in [-0.4, -0.2) is 60.8 Å². The van der Waals surface area contributed by atoms with E-state index in [0.29, 0.717) is 18.4 Å². The minimum Gasteiger partial charge on any atom is -0.395 e. The van der Waals surface area contributed by atoms with Crippen molar-refractivity contribution in [3.8, 4) is 0 Å². The summed E-state index contributed by atoms with van der Waals surface area (Å²) in [6.45, 7) is 17.4. The highest BCUT2D eigenvalue weighted by Crippen LogP contribution is 2.02. The van der Waals surface area contributed by atoms with E-state index in [-0.39, 0.29) is 6.61 Å². The van der Waals surface area contributed by atoms with Gasteiger partial charge >= 0.3 is 0 Å². The van der Waals surface area contributed by atoms with Crippen LogP contribution in [0.1, 0.15) is 54.4 Å². The number of rotatable bonds is 12. The lowest BCUT2D eigenvalue weighted by Crippen LogP contribution is -2.32. The standard InChI is InChI=1S/C18H37N3O/c1-15(2)13-17(5)19-7-9-21(11-12-22)10-8-20-18(6)14-16(3)4/h15-16,22H,7-14H2,1-6H3. The quantitative estimate of drug-likeness (QED) is 0.562. The Kier molecular flexibility index (Phi) is 12.3. The minimum absolute atomic E-state index is 0.198. The van der Waals surface area contributed by atoms with Crippen molar-refractivity contribution in [2.24, 2.45) is 21.8 Å². The molecule has 0 radical (unpaired) electrons. The lowest BCUT2D eigenvalue weighted by atomic mass is 10.1. The highest BCUT2D eigenvalue weighted by atomic mass is 16.3. The maximum absolute atomic E-state index is 9.18. The molecule has 0 aliphatic rings. The van der Waals surface area contributed by atoms with Crippen LogP contribution >= 0.6 is 0 Å². The summed E-state index contributed by atoms with van der Waals surface area (Å²) in [7, 11) is 0. The number of aliphatic hydroxyl groups is 1. The van der Waals surface area contributed by atoms with Crippen LogP contribution in [0.25, 0.3) is 0 Å². The molecule has 4 heteroatoms. The maximum Gasteiger partial charge on any atom is 0.0558 e. The molecule has 1 N–H and O–H groups in total. The Labute approximate surface area is 137 Å². The van der Waals surface area contributed by atoms with Crippen LogP contribution in [0.5, 0.6) is 0 Å². The fraction of sp³-hybridized carbons (Fsp3) is 0.889. The molecule has 0 amide bonds. The van der Waals surface area contributed by atoms with Crippen LogP contribution in [-0.2, 0) is 0 Å². The molecule has 0 atom stereocenters. The summed E-state index contributed by atoms with van der Waals surface area (Å²) in [5.74, 6) is 1.33. The Morgan fingerprint density at radius 3 is 1.55 bits per heavy atom. The average Bonchev–Trinajstić information content (AvgIpc) is 2.36. The SMILES string of the molecule is CC(CC(C)C)=NCCN(CCO)CCN=C(C)CC(C)C. The van der Waals surface area contributed by atoms with Crippen molar-refractivity contribution in [1.82, 2.24) is 4.90 Å². The molecule has 0 aromatic heterocycles. The molecule has 0 aromatic rings. The zero-order chi connectivity index (χ0) is 17.0. The highest BCUT2D eigenvalue weighted by Gasteiger charge is 2.04. The third-order valence-corrected chi connectivity index (χ3v) is 3.42. The molecule has 0 aliphatic carbocycles. The predicted octanol–water partition coefficient (Wildman–Crippen LogP) is 3.29. The molecular weight excluding hydrogens is 274 g/mol. The lowest BCUT2D eigenvalue weighted by molar-refractivity contribution is 0.203. The molecule has 0 aliphatic heterocycles.